The van der Waals surface area contributed by atoms with E-state index in [1.165, 1.54) is 0 Å². The van der Waals surface area contributed by atoms with Crippen LogP contribution in [0.25, 0.3) is 0 Å². The maximum Gasteiger partial charge on any atom is 0.414 e. The molecule has 0 aromatic heterocycles. The third-order valence-corrected chi connectivity index (χ3v) is 7.02. The summed E-state index contributed by atoms with van der Waals surface area (Å²) in [6, 6.07) is 17.4. The van der Waals surface area contributed by atoms with E-state index in [0.29, 0.717) is 0 Å². The van der Waals surface area contributed by atoms with Gasteiger partial charge in [-0.25, -0.2) is 4.79 Å². The number of carboxylic acid groups (broad SMARTS) is 1. The Hall–Kier alpha value is -3.35. The van der Waals surface area contributed by atoms with Gasteiger partial charge in [-0.1, -0.05) is 48.5 Å². The Bertz CT molecular complexity index is 1050. The zero-order chi connectivity index (χ0) is 22.9. The summed E-state index contributed by atoms with van der Waals surface area (Å²) < 4.78 is 5.69. The molecule has 0 spiro atoms. The molecule has 3 aliphatic rings. The second kappa shape index (κ2) is 8.89. The minimum Gasteiger partial charge on any atom is -0.481 e. The third kappa shape index (κ3) is 4.19. The predicted molar refractivity (Wildman–Crippen MR) is 122 cm³/mol. The maximum atomic E-state index is 13.2. The van der Waals surface area contributed by atoms with Gasteiger partial charge in [0.25, 0.3) is 0 Å². The highest BCUT2D eigenvalue weighted by atomic mass is 16.6. The van der Waals surface area contributed by atoms with E-state index in [1.54, 1.807) is 4.90 Å². The number of nitrogens with zero attached hydrogens (tertiary/aromatic N) is 2. The lowest BCUT2D eigenvalue weighted by Crippen LogP contribution is -2.59. The fourth-order valence-corrected chi connectivity index (χ4v) is 5.22. The van der Waals surface area contributed by atoms with Gasteiger partial charge >= 0.3 is 12.1 Å². The standard InChI is InChI=1S/C26H28N2O5/c29-23(14-15-24(30)31)27(18-10-11-18)25-19-8-4-5-9-21(19)28(22-13-12-20(22)25)26(32)33-16-17-6-2-1-3-7-17/h1-9,18,20,22,25H,10-16H2,(H,30,31). The number of amides is 2. The number of hydrogen-bond acceptors (Lipinski definition) is 4. The van der Waals surface area contributed by atoms with Crippen molar-refractivity contribution < 1.29 is 24.2 Å². The van der Waals surface area contributed by atoms with Crippen LogP contribution in [-0.4, -0.2) is 40.1 Å². The number of hydrogen-bond donors (Lipinski definition) is 1. The Balaban J connectivity index is 1.42. The topological polar surface area (TPSA) is 87.2 Å². The van der Waals surface area contributed by atoms with Crippen LogP contribution in [-0.2, 0) is 20.9 Å². The van der Waals surface area contributed by atoms with Crippen molar-refractivity contribution in [3.8, 4) is 0 Å². The summed E-state index contributed by atoms with van der Waals surface area (Å²) >= 11 is 0. The summed E-state index contributed by atoms with van der Waals surface area (Å²) in [5.74, 6) is -0.944. The van der Waals surface area contributed by atoms with E-state index >= 15 is 0 Å². The highest BCUT2D eigenvalue weighted by molar-refractivity contribution is 5.91. The second-order valence-electron chi connectivity index (χ2n) is 9.15. The molecular weight excluding hydrogens is 420 g/mol. The Labute approximate surface area is 192 Å². The first-order valence-corrected chi connectivity index (χ1v) is 11.7. The highest BCUT2D eigenvalue weighted by Gasteiger charge is 2.53. The van der Waals surface area contributed by atoms with E-state index < -0.39 is 5.97 Å². The third-order valence-electron chi connectivity index (χ3n) is 7.02. The first kappa shape index (κ1) is 21.5. The monoisotopic (exact) mass is 448 g/mol. The van der Waals surface area contributed by atoms with Gasteiger partial charge in [-0.15, -0.1) is 0 Å². The number of fused-ring (bicyclic) bond motifs is 2. The van der Waals surface area contributed by atoms with Crippen LogP contribution in [0.3, 0.4) is 0 Å². The zero-order valence-corrected chi connectivity index (χ0v) is 18.4. The lowest BCUT2D eigenvalue weighted by Gasteiger charge is -2.54. The molecule has 7 nitrogen and oxygen atoms in total. The number of ether oxygens (including phenoxy) is 1. The van der Waals surface area contributed by atoms with Crippen molar-refractivity contribution >= 4 is 23.7 Å². The summed E-state index contributed by atoms with van der Waals surface area (Å²) in [6.45, 7) is 0.209. The molecule has 0 bridgehead atoms. The molecule has 172 valence electrons. The van der Waals surface area contributed by atoms with Crippen molar-refractivity contribution in [3.05, 3.63) is 65.7 Å². The van der Waals surface area contributed by atoms with Gasteiger partial charge in [0.1, 0.15) is 6.61 Å². The average molecular weight is 449 g/mol. The molecule has 5 rings (SSSR count). The molecule has 2 aromatic rings. The van der Waals surface area contributed by atoms with Gasteiger partial charge in [0, 0.05) is 24.4 Å². The summed E-state index contributed by atoms with van der Waals surface area (Å²) in [7, 11) is 0. The van der Waals surface area contributed by atoms with Crippen molar-refractivity contribution in [2.45, 2.75) is 63.3 Å². The molecule has 1 heterocycles. The number of carbonyl (C=O) groups excluding carboxylic acids is 2. The van der Waals surface area contributed by atoms with Crippen LogP contribution in [0, 0.1) is 5.92 Å². The molecule has 1 N–H and O–H groups in total. The number of anilines is 1. The molecule has 3 unspecified atom stereocenters. The number of para-hydroxylation sites is 1. The lowest BCUT2D eigenvalue weighted by atomic mass is 9.68. The van der Waals surface area contributed by atoms with E-state index in [4.69, 9.17) is 9.84 Å². The Morgan fingerprint density at radius 1 is 0.939 bits per heavy atom. The number of carbonyl (C=O) groups is 3. The normalized spacial score (nSPS) is 23.0. The fourth-order valence-electron chi connectivity index (χ4n) is 5.22. The van der Waals surface area contributed by atoms with Gasteiger partial charge in [0.15, 0.2) is 0 Å². The molecular formula is C26H28N2O5. The minimum atomic E-state index is -0.961. The van der Waals surface area contributed by atoms with Crippen LogP contribution >= 0.6 is 0 Å². The fraction of sp³-hybridized carbons (Fsp3) is 0.423. The molecule has 7 heteroatoms. The van der Waals surface area contributed by atoms with Crippen LogP contribution in [0.1, 0.15) is 55.7 Å². The molecule has 2 saturated carbocycles. The van der Waals surface area contributed by atoms with E-state index in [1.807, 2.05) is 59.5 Å². The quantitative estimate of drug-likeness (QED) is 0.673. The SMILES string of the molecule is O=C(O)CCC(=O)N(C1CC1)C1c2ccccc2N(C(=O)OCc2ccccc2)C2CCC21. The van der Waals surface area contributed by atoms with Gasteiger partial charge in [0.2, 0.25) is 5.91 Å². The molecule has 0 radical (unpaired) electrons. The first-order valence-electron chi connectivity index (χ1n) is 11.7. The van der Waals surface area contributed by atoms with E-state index in [0.717, 1.165) is 42.5 Å². The number of carboxylic acids is 1. The van der Waals surface area contributed by atoms with Crippen LogP contribution in [0.5, 0.6) is 0 Å². The molecule has 2 aromatic carbocycles. The van der Waals surface area contributed by atoms with Crippen LogP contribution in [0.15, 0.2) is 54.6 Å². The summed E-state index contributed by atoms with van der Waals surface area (Å²) in [5.41, 5.74) is 2.67. The number of aliphatic carboxylic acids is 1. The Kier molecular flexibility index (Phi) is 5.79. The van der Waals surface area contributed by atoms with Gasteiger partial charge in [-0.3, -0.25) is 14.5 Å². The maximum absolute atomic E-state index is 13.2. The molecule has 2 aliphatic carbocycles. The predicted octanol–water partition coefficient (Wildman–Crippen LogP) is 4.52. The lowest BCUT2D eigenvalue weighted by molar-refractivity contribution is -0.143. The van der Waals surface area contributed by atoms with Crippen molar-refractivity contribution in [3.63, 3.8) is 0 Å². The van der Waals surface area contributed by atoms with Crippen LogP contribution < -0.4 is 4.90 Å². The number of benzene rings is 2. The molecule has 3 atom stereocenters. The van der Waals surface area contributed by atoms with E-state index in [9.17, 15) is 14.4 Å². The van der Waals surface area contributed by atoms with Crippen molar-refractivity contribution in [1.29, 1.82) is 0 Å². The van der Waals surface area contributed by atoms with Crippen molar-refractivity contribution in [1.82, 2.24) is 4.90 Å². The van der Waals surface area contributed by atoms with Gasteiger partial charge in [0.05, 0.1) is 18.2 Å². The molecule has 0 saturated heterocycles. The summed E-state index contributed by atoms with van der Waals surface area (Å²) in [5, 5.41) is 9.07. The van der Waals surface area contributed by atoms with E-state index in [-0.39, 0.29) is 55.5 Å². The first-order chi connectivity index (χ1) is 16.0. The summed E-state index contributed by atoms with van der Waals surface area (Å²) in [6.07, 6.45) is 3.14. The minimum absolute atomic E-state index is 0.00468. The summed E-state index contributed by atoms with van der Waals surface area (Å²) in [4.78, 5) is 41.1. The van der Waals surface area contributed by atoms with Gasteiger partial charge in [-0.05, 0) is 42.9 Å². The van der Waals surface area contributed by atoms with Gasteiger partial charge in [-0.2, -0.15) is 0 Å². The molecule has 2 amide bonds. The largest absolute Gasteiger partial charge is 0.481 e. The number of rotatable bonds is 7. The second-order valence-corrected chi connectivity index (χ2v) is 9.15. The average Bonchev–Trinajstić information content (AvgIpc) is 3.63. The molecule has 1 aliphatic heterocycles. The Morgan fingerprint density at radius 3 is 2.33 bits per heavy atom. The van der Waals surface area contributed by atoms with Crippen molar-refractivity contribution in [2.24, 2.45) is 5.92 Å². The van der Waals surface area contributed by atoms with E-state index in [2.05, 4.69) is 0 Å². The smallest absolute Gasteiger partial charge is 0.414 e. The molecule has 33 heavy (non-hydrogen) atoms. The zero-order valence-electron chi connectivity index (χ0n) is 18.4. The molecule has 2 fully saturated rings. The Morgan fingerprint density at radius 2 is 1.67 bits per heavy atom. The van der Waals surface area contributed by atoms with Crippen LogP contribution in [0.4, 0.5) is 10.5 Å². The highest BCUT2D eigenvalue weighted by Crippen LogP contribution is 2.54. The van der Waals surface area contributed by atoms with Gasteiger partial charge < -0.3 is 14.7 Å². The van der Waals surface area contributed by atoms with Crippen molar-refractivity contribution in [2.75, 3.05) is 4.90 Å². The van der Waals surface area contributed by atoms with Crippen LogP contribution in [0.2, 0.25) is 0 Å².